The van der Waals surface area contributed by atoms with Crippen LogP contribution in [0.4, 0.5) is 5.95 Å². The van der Waals surface area contributed by atoms with E-state index in [1.165, 1.54) is 5.56 Å². The SMILES string of the molecule is O/N=C1\CC(c2ccccc2)Cc2nc(NCCOc3ccccc3)ncc21. The van der Waals surface area contributed by atoms with E-state index >= 15 is 0 Å². The van der Waals surface area contributed by atoms with E-state index in [0.717, 1.165) is 23.4 Å². The number of hydrogen-bond donors (Lipinski definition) is 2. The number of hydrogen-bond acceptors (Lipinski definition) is 6. The third kappa shape index (κ3) is 4.11. The van der Waals surface area contributed by atoms with Crippen molar-refractivity contribution in [1.82, 2.24) is 9.97 Å². The van der Waals surface area contributed by atoms with Gasteiger partial charge >= 0.3 is 0 Å². The molecule has 6 nitrogen and oxygen atoms in total. The molecular weight excluding hydrogens is 352 g/mol. The Labute approximate surface area is 163 Å². The molecule has 0 fully saturated rings. The molecule has 0 radical (unpaired) electrons. The Morgan fingerprint density at radius 2 is 1.79 bits per heavy atom. The third-order valence-corrected chi connectivity index (χ3v) is 4.85. The van der Waals surface area contributed by atoms with Crippen molar-refractivity contribution in [2.24, 2.45) is 5.16 Å². The van der Waals surface area contributed by atoms with Gasteiger partial charge in [-0.25, -0.2) is 9.97 Å². The van der Waals surface area contributed by atoms with Gasteiger partial charge in [-0.05, 0) is 30.0 Å². The van der Waals surface area contributed by atoms with Crippen molar-refractivity contribution in [3.05, 3.63) is 83.7 Å². The maximum absolute atomic E-state index is 9.45. The highest BCUT2D eigenvalue weighted by atomic mass is 16.5. The van der Waals surface area contributed by atoms with Gasteiger partial charge in [0.1, 0.15) is 12.4 Å². The van der Waals surface area contributed by atoms with Crippen LogP contribution in [-0.2, 0) is 6.42 Å². The van der Waals surface area contributed by atoms with Crippen molar-refractivity contribution < 1.29 is 9.94 Å². The Kier molecular flexibility index (Phi) is 5.47. The predicted octanol–water partition coefficient (Wildman–Crippen LogP) is 3.88. The van der Waals surface area contributed by atoms with Crippen LogP contribution in [0.3, 0.4) is 0 Å². The third-order valence-electron chi connectivity index (χ3n) is 4.85. The molecule has 142 valence electrons. The smallest absolute Gasteiger partial charge is 0.223 e. The van der Waals surface area contributed by atoms with Crippen molar-refractivity contribution in [2.75, 3.05) is 18.5 Å². The van der Waals surface area contributed by atoms with Crippen LogP contribution >= 0.6 is 0 Å². The Morgan fingerprint density at radius 3 is 2.54 bits per heavy atom. The topological polar surface area (TPSA) is 79.6 Å². The second kappa shape index (κ2) is 8.52. The molecule has 4 rings (SSSR count). The van der Waals surface area contributed by atoms with Gasteiger partial charge in [-0.3, -0.25) is 0 Å². The fraction of sp³-hybridized carbons (Fsp3) is 0.227. The molecule has 0 aliphatic heterocycles. The quantitative estimate of drug-likeness (QED) is 0.389. The Morgan fingerprint density at radius 1 is 1.04 bits per heavy atom. The van der Waals surface area contributed by atoms with E-state index in [-0.39, 0.29) is 5.92 Å². The second-order valence-electron chi connectivity index (χ2n) is 6.70. The van der Waals surface area contributed by atoms with Crippen LogP contribution in [0.25, 0.3) is 0 Å². The molecule has 28 heavy (non-hydrogen) atoms. The Bertz CT molecular complexity index is 945. The molecule has 0 spiro atoms. The normalized spacial score (nSPS) is 17.1. The fourth-order valence-electron chi connectivity index (χ4n) is 3.45. The zero-order chi connectivity index (χ0) is 19.2. The molecule has 6 heteroatoms. The Balaban J connectivity index is 1.43. The molecule has 0 saturated carbocycles. The number of ether oxygens (including phenoxy) is 1. The maximum atomic E-state index is 9.45. The van der Waals surface area contributed by atoms with E-state index in [4.69, 9.17) is 4.74 Å². The first-order valence-electron chi connectivity index (χ1n) is 9.37. The fourth-order valence-corrected chi connectivity index (χ4v) is 3.45. The molecule has 2 aromatic carbocycles. The molecule has 2 N–H and O–H groups in total. The predicted molar refractivity (Wildman–Crippen MR) is 108 cm³/mol. The largest absolute Gasteiger partial charge is 0.492 e. The van der Waals surface area contributed by atoms with Crippen LogP contribution in [0.1, 0.15) is 29.2 Å². The zero-order valence-electron chi connectivity index (χ0n) is 15.5. The summed E-state index contributed by atoms with van der Waals surface area (Å²) in [6.45, 7) is 1.11. The van der Waals surface area contributed by atoms with Crippen LogP contribution in [0.5, 0.6) is 5.75 Å². The first-order chi connectivity index (χ1) is 13.8. The Hall–Kier alpha value is -3.41. The number of nitrogens with zero attached hydrogens (tertiary/aromatic N) is 3. The van der Waals surface area contributed by atoms with Gasteiger partial charge in [-0.1, -0.05) is 53.7 Å². The molecule has 0 saturated heterocycles. The van der Waals surface area contributed by atoms with Crippen LogP contribution in [0.15, 0.2) is 72.0 Å². The monoisotopic (exact) mass is 374 g/mol. The minimum atomic E-state index is 0.240. The van der Waals surface area contributed by atoms with E-state index in [1.807, 2.05) is 48.5 Å². The number of nitrogens with one attached hydrogen (secondary N) is 1. The number of anilines is 1. The minimum Gasteiger partial charge on any atom is -0.492 e. The first kappa shape index (κ1) is 18.0. The molecule has 1 atom stereocenters. The summed E-state index contributed by atoms with van der Waals surface area (Å²) in [5.41, 5.74) is 3.57. The molecule has 1 heterocycles. The average molecular weight is 374 g/mol. The summed E-state index contributed by atoms with van der Waals surface area (Å²) in [7, 11) is 0. The highest BCUT2D eigenvalue weighted by molar-refractivity contribution is 6.02. The van der Waals surface area contributed by atoms with Gasteiger partial charge in [-0.2, -0.15) is 0 Å². The molecule has 3 aromatic rings. The minimum absolute atomic E-state index is 0.240. The van der Waals surface area contributed by atoms with Gasteiger partial charge < -0.3 is 15.3 Å². The zero-order valence-corrected chi connectivity index (χ0v) is 15.5. The van der Waals surface area contributed by atoms with E-state index in [0.29, 0.717) is 31.2 Å². The second-order valence-corrected chi connectivity index (χ2v) is 6.70. The molecule has 0 amide bonds. The van der Waals surface area contributed by atoms with E-state index < -0.39 is 0 Å². The summed E-state index contributed by atoms with van der Waals surface area (Å²) in [5, 5.41) is 16.2. The van der Waals surface area contributed by atoms with Crippen LogP contribution in [0, 0.1) is 0 Å². The van der Waals surface area contributed by atoms with Crippen molar-refractivity contribution >= 4 is 11.7 Å². The van der Waals surface area contributed by atoms with Crippen molar-refractivity contribution in [3.8, 4) is 5.75 Å². The maximum Gasteiger partial charge on any atom is 0.223 e. The highest BCUT2D eigenvalue weighted by Crippen LogP contribution is 2.32. The molecule has 0 bridgehead atoms. The number of oxime groups is 1. The van der Waals surface area contributed by atoms with E-state index in [1.54, 1.807) is 6.20 Å². The van der Waals surface area contributed by atoms with E-state index in [9.17, 15) is 5.21 Å². The van der Waals surface area contributed by atoms with Gasteiger partial charge in [-0.15, -0.1) is 0 Å². The first-order valence-corrected chi connectivity index (χ1v) is 9.37. The van der Waals surface area contributed by atoms with Crippen LogP contribution in [0.2, 0.25) is 0 Å². The van der Waals surface area contributed by atoms with Gasteiger partial charge in [0.25, 0.3) is 0 Å². The average Bonchev–Trinajstić information content (AvgIpc) is 2.77. The summed E-state index contributed by atoms with van der Waals surface area (Å²) < 4.78 is 5.68. The number of rotatable bonds is 6. The number of aromatic nitrogens is 2. The van der Waals surface area contributed by atoms with Gasteiger partial charge in [0.2, 0.25) is 5.95 Å². The highest BCUT2D eigenvalue weighted by Gasteiger charge is 2.27. The number of para-hydroxylation sites is 1. The molecule has 1 aliphatic rings. The van der Waals surface area contributed by atoms with Gasteiger partial charge in [0.05, 0.1) is 18.0 Å². The molecule has 1 unspecified atom stereocenters. The van der Waals surface area contributed by atoms with E-state index in [2.05, 4.69) is 32.6 Å². The number of benzene rings is 2. The van der Waals surface area contributed by atoms with Crippen LogP contribution in [-0.4, -0.2) is 34.0 Å². The van der Waals surface area contributed by atoms with Crippen molar-refractivity contribution in [3.63, 3.8) is 0 Å². The lowest BCUT2D eigenvalue weighted by atomic mass is 9.82. The van der Waals surface area contributed by atoms with Gasteiger partial charge in [0, 0.05) is 18.2 Å². The number of fused-ring (bicyclic) bond motifs is 1. The lowest BCUT2D eigenvalue weighted by molar-refractivity contribution is 0.316. The summed E-state index contributed by atoms with van der Waals surface area (Å²) in [6, 6.07) is 20.0. The van der Waals surface area contributed by atoms with Crippen molar-refractivity contribution in [1.29, 1.82) is 0 Å². The molecule has 1 aliphatic carbocycles. The lowest BCUT2D eigenvalue weighted by Crippen LogP contribution is -2.22. The summed E-state index contributed by atoms with van der Waals surface area (Å²) in [5.74, 6) is 1.63. The standard InChI is InChI=1S/C22H22N4O2/c27-26-21-14-17(16-7-3-1-4-8-16)13-20-19(21)15-24-22(25-20)23-11-12-28-18-9-5-2-6-10-18/h1-10,15,17,27H,11-14H2,(H,23,24,25)/b26-21+. The van der Waals surface area contributed by atoms with Crippen LogP contribution < -0.4 is 10.1 Å². The van der Waals surface area contributed by atoms with Crippen molar-refractivity contribution in [2.45, 2.75) is 18.8 Å². The molecular formula is C22H22N4O2. The lowest BCUT2D eigenvalue weighted by Gasteiger charge is -2.25. The van der Waals surface area contributed by atoms with Gasteiger partial charge in [0.15, 0.2) is 0 Å². The summed E-state index contributed by atoms with van der Waals surface area (Å²) in [4.78, 5) is 9.02. The molecule has 1 aromatic heterocycles. The summed E-state index contributed by atoms with van der Waals surface area (Å²) >= 11 is 0. The summed E-state index contributed by atoms with van der Waals surface area (Å²) in [6.07, 6.45) is 3.20.